The number of carbonyl (C=O) groups excluding carboxylic acids is 2. The molecule has 30 heavy (non-hydrogen) atoms. The lowest BCUT2D eigenvalue weighted by Gasteiger charge is -2.31. The fourth-order valence-corrected chi connectivity index (χ4v) is 3.74. The third kappa shape index (κ3) is 5.60. The maximum Gasteiger partial charge on any atom is 0.338 e. The average molecular weight is 415 g/mol. The van der Waals surface area contributed by atoms with Gasteiger partial charge in [0.2, 0.25) is 5.76 Å². The molecule has 8 nitrogen and oxygen atoms in total. The number of nitrogens with one attached hydrogen (secondary N) is 3. The number of anilines is 1. The topological polar surface area (TPSA) is 104 Å². The van der Waals surface area contributed by atoms with E-state index in [9.17, 15) is 9.59 Å². The summed E-state index contributed by atoms with van der Waals surface area (Å²) in [5.41, 5.74) is 1.33. The van der Waals surface area contributed by atoms with Crippen LogP contribution in [0, 0.1) is 5.41 Å². The molecule has 0 spiro atoms. The Balaban J connectivity index is 1.84. The summed E-state index contributed by atoms with van der Waals surface area (Å²) in [6.45, 7) is 5.01. The number of carbonyl (C=O) groups is 2. The summed E-state index contributed by atoms with van der Waals surface area (Å²) < 4.78 is 11.2. The number of hydrogen-bond donors (Lipinski definition) is 3. The highest BCUT2D eigenvalue weighted by molar-refractivity contribution is 6.06. The fourth-order valence-electron chi connectivity index (χ4n) is 3.74. The van der Waals surface area contributed by atoms with Gasteiger partial charge in [-0.15, -0.1) is 0 Å². The largest absolute Gasteiger partial charge is 0.483 e. The van der Waals surface area contributed by atoms with E-state index in [0.29, 0.717) is 30.0 Å². The zero-order chi connectivity index (χ0) is 21.3. The maximum atomic E-state index is 13.2. The molecule has 0 bridgehead atoms. The summed E-state index contributed by atoms with van der Waals surface area (Å²) in [6, 6.07) is 6.63. The van der Waals surface area contributed by atoms with Gasteiger partial charge in [-0.1, -0.05) is 6.07 Å². The summed E-state index contributed by atoms with van der Waals surface area (Å²) in [6.07, 6.45) is 5.15. The molecule has 0 unspecified atom stereocenters. The van der Waals surface area contributed by atoms with Crippen molar-refractivity contribution in [3.05, 3.63) is 41.3 Å². The van der Waals surface area contributed by atoms with E-state index in [4.69, 9.17) is 14.9 Å². The van der Waals surface area contributed by atoms with Crippen molar-refractivity contribution >= 4 is 23.8 Å². The van der Waals surface area contributed by atoms with E-state index in [1.807, 2.05) is 4.90 Å². The summed E-state index contributed by atoms with van der Waals surface area (Å²) >= 11 is 0. The molecule has 1 saturated carbocycles. The highest BCUT2D eigenvalue weighted by atomic mass is 16.5. The normalized spacial score (nSPS) is 17.8. The van der Waals surface area contributed by atoms with Gasteiger partial charge in [0.15, 0.2) is 0 Å². The first-order valence-electron chi connectivity index (χ1n) is 10.6. The molecule has 2 fully saturated rings. The summed E-state index contributed by atoms with van der Waals surface area (Å²) in [7, 11) is 0. The van der Waals surface area contributed by atoms with Gasteiger partial charge in [0.05, 0.1) is 18.3 Å². The first-order chi connectivity index (χ1) is 14.6. The number of esters is 1. The van der Waals surface area contributed by atoms with E-state index >= 15 is 0 Å². The van der Waals surface area contributed by atoms with Crippen LogP contribution in [0.4, 0.5) is 5.69 Å². The second-order valence-electron chi connectivity index (χ2n) is 7.38. The Bertz CT molecular complexity index is 796. The van der Waals surface area contributed by atoms with Crippen molar-refractivity contribution in [2.24, 2.45) is 0 Å². The molecule has 1 saturated heterocycles. The third-order valence-corrected chi connectivity index (χ3v) is 5.25. The van der Waals surface area contributed by atoms with E-state index in [-0.39, 0.29) is 18.5 Å². The monoisotopic (exact) mass is 414 g/mol. The molecular weight excluding hydrogens is 384 g/mol. The average Bonchev–Trinajstić information content (AvgIpc) is 3.28. The highest BCUT2D eigenvalue weighted by Crippen LogP contribution is 2.26. The van der Waals surface area contributed by atoms with Gasteiger partial charge >= 0.3 is 5.97 Å². The first kappa shape index (κ1) is 21.8. The van der Waals surface area contributed by atoms with Crippen molar-refractivity contribution in [2.75, 3.05) is 38.1 Å². The van der Waals surface area contributed by atoms with Crippen molar-refractivity contribution in [1.82, 2.24) is 10.2 Å². The minimum Gasteiger partial charge on any atom is -0.483 e. The van der Waals surface area contributed by atoms with Crippen LogP contribution in [0.5, 0.6) is 0 Å². The highest BCUT2D eigenvalue weighted by Gasteiger charge is 2.27. The van der Waals surface area contributed by atoms with Crippen molar-refractivity contribution in [3.8, 4) is 0 Å². The van der Waals surface area contributed by atoms with Gasteiger partial charge in [-0.3, -0.25) is 4.79 Å². The SMILES string of the molecule is CCOC(=O)c1cccc(NC(=O)/C(OC2CCCC2)=C(\C=N)N2CCNCC2)c1. The van der Waals surface area contributed by atoms with Gasteiger partial charge in [-0.05, 0) is 50.8 Å². The minimum atomic E-state index is -0.437. The lowest BCUT2D eigenvalue weighted by molar-refractivity contribution is -0.117. The summed E-state index contributed by atoms with van der Waals surface area (Å²) in [4.78, 5) is 27.2. The number of hydrogen-bond acceptors (Lipinski definition) is 7. The molecule has 8 heteroatoms. The molecule has 1 heterocycles. The quantitative estimate of drug-likeness (QED) is 0.261. The lowest BCUT2D eigenvalue weighted by atomic mass is 10.2. The Kier molecular flexibility index (Phi) is 7.84. The number of rotatable bonds is 8. The maximum absolute atomic E-state index is 13.2. The van der Waals surface area contributed by atoms with Crippen LogP contribution >= 0.6 is 0 Å². The van der Waals surface area contributed by atoms with Gasteiger partial charge in [0.25, 0.3) is 5.91 Å². The van der Waals surface area contributed by atoms with Gasteiger partial charge in [0.1, 0.15) is 5.70 Å². The van der Waals surface area contributed by atoms with E-state index in [1.54, 1.807) is 31.2 Å². The Morgan fingerprint density at radius 3 is 2.67 bits per heavy atom. The van der Waals surface area contributed by atoms with Crippen LogP contribution in [0.15, 0.2) is 35.7 Å². The summed E-state index contributed by atoms with van der Waals surface area (Å²) in [5, 5.41) is 14.1. The number of allylic oxidation sites excluding steroid dienone is 1. The Morgan fingerprint density at radius 2 is 2.00 bits per heavy atom. The van der Waals surface area contributed by atoms with Crippen LogP contribution in [0.3, 0.4) is 0 Å². The molecule has 3 rings (SSSR count). The predicted molar refractivity (Wildman–Crippen MR) is 115 cm³/mol. The Morgan fingerprint density at radius 1 is 1.27 bits per heavy atom. The molecule has 3 N–H and O–H groups in total. The molecule has 1 amide bonds. The van der Waals surface area contributed by atoms with Crippen LogP contribution < -0.4 is 10.6 Å². The number of piperazine rings is 1. The van der Waals surface area contributed by atoms with Gasteiger partial charge < -0.3 is 30.4 Å². The predicted octanol–water partition coefficient (Wildman–Crippen LogP) is 2.53. The first-order valence-corrected chi connectivity index (χ1v) is 10.6. The number of amides is 1. The zero-order valence-corrected chi connectivity index (χ0v) is 17.4. The molecular formula is C22H30N4O4. The third-order valence-electron chi connectivity index (χ3n) is 5.25. The smallest absolute Gasteiger partial charge is 0.338 e. The molecule has 1 aromatic carbocycles. The molecule has 0 aromatic heterocycles. The standard InChI is InChI=1S/C22H30N4O4/c1-2-29-22(28)16-6-5-7-17(14-16)25-21(27)20(30-18-8-3-4-9-18)19(15-23)26-12-10-24-11-13-26/h5-7,14-15,18,23-24H,2-4,8-13H2,1H3,(H,25,27)/b20-19-,23-15?. The van der Waals surface area contributed by atoms with Crippen molar-refractivity contribution in [2.45, 2.75) is 38.7 Å². The zero-order valence-electron chi connectivity index (χ0n) is 17.4. The number of benzene rings is 1. The summed E-state index contributed by atoms with van der Waals surface area (Å²) in [5.74, 6) is -0.687. The molecule has 0 atom stereocenters. The number of ether oxygens (including phenoxy) is 2. The molecule has 1 aliphatic heterocycles. The lowest BCUT2D eigenvalue weighted by Crippen LogP contribution is -2.44. The molecule has 2 aliphatic rings. The minimum absolute atomic E-state index is 0.0190. The molecule has 162 valence electrons. The van der Waals surface area contributed by atoms with E-state index in [1.165, 1.54) is 6.21 Å². The molecule has 0 radical (unpaired) electrons. The molecule has 1 aliphatic carbocycles. The Labute approximate surface area is 177 Å². The second-order valence-corrected chi connectivity index (χ2v) is 7.38. The van der Waals surface area contributed by atoms with Gasteiger partial charge in [0, 0.05) is 38.1 Å². The van der Waals surface area contributed by atoms with Gasteiger partial charge in [-0.25, -0.2) is 4.79 Å². The van der Waals surface area contributed by atoms with Crippen molar-refractivity contribution in [3.63, 3.8) is 0 Å². The van der Waals surface area contributed by atoms with Crippen LogP contribution in [0.1, 0.15) is 43.0 Å². The van der Waals surface area contributed by atoms with E-state index < -0.39 is 11.9 Å². The van der Waals surface area contributed by atoms with Crippen LogP contribution in [-0.2, 0) is 14.3 Å². The van der Waals surface area contributed by atoms with Crippen molar-refractivity contribution in [1.29, 1.82) is 5.41 Å². The van der Waals surface area contributed by atoms with Crippen LogP contribution in [0.25, 0.3) is 0 Å². The van der Waals surface area contributed by atoms with Crippen molar-refractivity contribution < 1.29 is 19.1 Å². The van der Waals surface area contributed by atoms with E-state index in [2.05, 4.69) is 10.6 Å². The fraction of sp³-hybridized carbons (Fsp3) is 0.500. The van der Waals surface area contributed by atoms with Crippen LogP contribution in [0.2, 0.25) is 0 Å². The van der Waals surface area contributed by atoms with Gasteiger partial charge in [-0.2, -0.15) is 0 Å². The Hall–Kier alpha value is -2.87. The number of nitrogens with zero attached hydrogens (tertiary/aromatic N) is 1. The second kappa shape index (κ2) is 10.8. The van der Waals surface area contributed by atoms with Crippen LogP contribution in [-0.4, -0.2) is 61.9 Å². The van der Waals surface area contributed by atoms with E-state index in [0.717, 1.165) is 38.8 Å². The molecule has 1 aromatic rings.